The van der Waals surface area contributed by atoms with Crippen LogP contribution in [0.15, 0.2) is 35.1 Å². The van der Waals surface area contributed by atoms with Crippen LogP contribution in [0.3, 0.4) is 0 Å². The molecule has 1 atom stereocenters. The lowest BCUT2D eigenvalue weighted by molar-refractivity contribution is 0.182. The standard InChI is InChI=1S/C14H18O2S/c1-14(2,3)13-5-4-12(17-13)11(15)8-10-6-7-16-9-10/h4-7,9,11,15H,8H2,1-3H3. The largest absolute Gasteiger partial charge is 0.472 e. The van der Waals surface area contributed by atoms with Crippen molar-refractivity contribution in [3.05, 3.63) is 46.0 Å². The molecular weight excluding hydrogens is 232 g/mol. The molecule has 2 rings (SSSR count). The SMILES string of the molecule is CC(C)(C)c1ccc(C(O)Cc2ccoc2)s1. The van der Waals surface area contributed by atoms with Gasteiger partial charge in [-0.3, -0.25) is 0 Å². The van der Waals surface area contributed by atoms with Crippen LogP contribution in [0.1, 0.15) is 42.2 Å². The molecule has 2 nitrogen and oxygen atoms in total. The summed E-state index contributed by atoms with van der Waals surface area (Å²) in [7, 11) is 0. The number of thiophene rings is 1. The van der Waals surface area contributed by atoms with Gasteiger partial charge in [0.05, 0.1) is 18.6 Å². The van der Waals surface area contributed by atoms with Crippen LogP contribution in [0.25, 0.3) is 0 Å². The summed E-state index contributed by atoms with van der Waals surface area (Å²) in [5.74, 6) is 0. The Morgan fingerprint density at radius 1 is 1.29 bits per heavy atom. The molecule has 0 saturated carbocycles. The summed E-state index contributed by atoms with van der Waals surface area (Å²) < 4.78 is 5.00. The molecule has 17 heavy (non-hydrogen) atoms. The van der Waals surface area contributed by atoms with E-state index in [9.17, 15) is 5.11 Å². The zero-order valence-electron chi connectivity index (χ0n) is 10.4. The van der Waals surface area contributed by atoms with Gasteiger partial charge in [-0.25, -0.2) is 0 Å². The van der Waals surface area contributed by atoms with Gasteiger partial charge in [0.2, 0.25) is 0 Å². The van der Waals surface area contributed by atoms with Crippen molar-refractivity contribution in [2.75, 3.05) is 0 Å². The molecule has 0 fully saturated rings. The molecule has 0 spiro atoms. The number of rotatable bonds is 3. The van der Waals surface area contributed by atoms with Gasteiger partial charge in [0, 0.05) is 16.2 Å². The van der Waals surface area contributed by atoms with Gasteiger partial charge in [-0.1, -0.05) is 20.8 Å². The highest BCUT2D eigenvalue weighted by Gasteiger charge is 2.19. The zero-order valence-corrected chi connectivity index (χ0v) is 11.3. The number of hydrogen-bond acceptors (Lipinski definition) is 3. The topological polar surface area (TPSA) is 33.4 Å². The summed E-state index contributed by atoms with van der Waals surface area (Å²) in [5, 5.41) is 10.1. The first-order valence-corrected chi connectivity index (χ1v) is 6.58. The third-order valence-corrected chi connectivity index (χ3v) is 4.32. The average Bonchev–Trinajstić information content (AvgIpc) is 2.85. The molecule has 2 heterocycles. The van der Waals surface area contributed by atoms with Crippen molar-refractivity contribution in [2.24, 2.45) is 0 Å². The molecule has 0 aliphatic heterocycles. The molecule has 3 heteroatoms. The van der Waals surface area contributed by atoms with E-state index >= 15 is 0 Å². The normalized spacial score (nSPS) is 13.9. The van der Waals surface area contributed by atoms with E-state index in [2.05, 4.69) is 26.8 Å². The van der Waals surface area contributed by atoms with Crippen molar-refractivity contribution in [3.8, 4) is 0 Å². The fourth-order valence-electron chi connectivity index (χ4n) is 1.67. The summed E-state index contributed by atoms with van der Waals surface area (Å²) in [4.78, 5) is 2.33. The van der Waals surface area contributed by atoms with Crippen molar-refractivity contribution in [3.63, 3.8) is 0 Å². The molecular formula is C14H18O2S. The first-order valence-electron chi connectivity index (χ1n) is 5.76. The molecule has 0 bridgehead atoms. The van der Waals surface area contributed by atoms with Gasteiger partial charge >= 0.3 is 0 Å². The summed E-state index contributed by atoms with van der Waals surface area (Å²) in [6.07, 6.45) is 3.49. The fourth-order valence-corrected chi connectivity index (χ4v) is 2.72. The molecule has 1 unspecified atom stereocenters. The summed E-state index contributed by atoms with van der Waals surface area (Å²) in [6.45, 7) is 6.56. The molecule has 0 aliphatic rings. The Hall–Kier alpha value is -1.06. The molecule has 1 N–H and O–H groups in total. The zero-order chi connectivity index (χ0) is 12.5. The molecule has 0 amide bonds. The first-order chi connectivity index (χ1) is 7.97. The number of furan rings is 1. The van der Waals surface area contributed by atoms with E-state index in [1.807, 2.05) is 12.1 Å². The van der Waals surface area contributed by atoms with Crippen LogP contribution in [0.5, 0.6) is 0 Å². The lowest BCUT2D eigenvalue weighted by Crippen LogP contribution is -2.07. The summed E-state index contributed by atoms with van der Waals surface area (Å²) in [5.41, 5.74) is 1.18. The third-order valence-electron chi connectivity index (χ3n) is 2.70. The Bertz CT molecular complexity index is 463. The van der Waals surface area contributed by atoms with Crippen LogP contribution >= 0.6 is 11.3 Å². The van der Waals surface area contributed by atoms with Gasteiger partial charge in [-0.15, -0.1) is 11.3 Å². The van der Waals surface area contributed by atoms with Crippen molar-refractivity contribution in [1.29, 1.82) is 0 Å². The van der Waals surface area contributed by atoms with E-state index in [4.69, 9.17) is 4.42 Å². The smallest absolute Gasteiger partial charge is 0.0935 e. The molecule has 2 aromatic heterocycles. The van der Waals surface area contributed by atoms with Crippen LogP contribution in [0, 0.1) is 0 Å². The Balaban J connectivity index is 2.10. The highest BCUT2D eigenvalue weighted by atomic mass is 32.1. The van der Waals surface area contributed by atoms with E-state index in [1.54, 1.807) is 23.9 Å². The third kappa shape index (κ3) is 2.99. The minimum absolute atomic E-state index is 0.151. The molecule has 0 radical (unpaired) electrons. The van der Waals surface area contributed by atoms with Crippen molar-refractivity contribution < 1.29 is 9.52 Å². The molecule has 2 aromatic rings. The Kier molecular flexibility index (Phi) is 3.40. The quantitative estimate of drug-likeness (QED) is 0.895. The van der Waals surface area contributed by atoms with Gasteiger partial charge < -0.3 is 9.52 Å². The van der Waals surface area contributed by atoms with Crippen molar-refractivity contribution >= 4 is 11.3 Å². The van der Waals surface area contributed by atoms with Crippen molar-refractivity contribution in [2.45, 2.75) is 38.7 Å². The van der Waals surface area contributed by atoms with Gasteiger partial charge in [-0.2, -0.15) is 0 Å². The Morgan fingerprint density at radius 3 is 2.59 bits per heavy atom. The van der Waals surface area contributed by atoms with Gasteiger partial charge in [0.1, 0.15) is 0 Å². The molecule has 0 aliphatic carbocycles. The second kappa shape index (κ2) is 4.67. The molecule has 0 saturated heterocycles. The van der Waals surface area contributed by atoms with Gasteiger partial charge in [0.25, 0.3) is 0 Å². The average molecular weight is 250 g/mol. The maximum Gasteiger partial charge on any atom is 0.0935 e. The van der Waals surface area contributed by atoms with Gasteiger partial charge in [-0.05, 0) is 29.2 Å². The van der Waals surface area contributed by atoms with Crippen LogP contribution in [-0.2, 0) is 11.8 Å². The monoisotopic (exact) mass is 250 g/mol. The number of aliphatic hydroxyl groups excluding tert-OH is 1. The second-order valence-corrected chi connectivity index (χ2v) is 6.42. The maximum absolute atomic E-state index is 10.1. The first kappa shape index (κ1) is 12.4. The van der Waals surface area contributed by atoms with E-state index in [0.29, 0.717) is 6.42 Å². The van der Waals surface area contributed by atoms with E-state index < -0.39 is 6.10 Å². The summed E-state index contributed by atoms with van der Waals surface area (Å²) >= 11 is 1.69. The second-order valence-electron chi connectivity index (χ2n) is 5.30. The predicted molar refractivity (Wildman–Crippen MR) is 70.4 cm³/mol. The van der Waals surface area contributed by atoms with Crippen LogP contribution < -0.4 is 0 Å². The maximum atomic E-state index is 10.1. The van der Waals surface area contributed by atoms with Crippen LogP contribution in [0.4, 0.5) is 0 Å². The molecule has 0 aromatic carbocycles. The van der Waals surface area contributed by atoms with E-state index in [-0.39, 0.29) is 5.41 Å². The Morgan fingerprint density at radius 2 is 2.06 bits per heavy atom. The van der Waals surface area contributed by atoms with Gasteiger partial charge in [0.15, 0.2) is 0 Å². The lowest BCUT2D eigenvalue weighted by atomic mass is 9.95. The highest BCUT2D eigenvalue weighted by molar-refractivity contribution is 7.12. The molecule has 92 valence electrons. The van der Waals surface area contributed by atoms with Crippen LogP contribution in [0.2, 0.25) is 0 Å². The summed E-state index contributed by atoms with van der Waals surface area (Å²) in [6, 6.07) is 6.02. The lowest BCUT2D eigenvalue weighted by Gasteiger charge is -2.15. The minimum atomic E-state index is -0.436. The van der Waals surface area contributed by atoms with Crippen molar-refractivity contribution in [1.82, 2.24) is 0 Å². The predicted octanol–water partition coefficient (Wildman–Crippen LogP) is 3.91. The van der Waals surface area contributed by atoms with E-state index in [1.165, 1.54) is 4.88 Å². The van der Waals surface area contributed by atoms with Crippen LogP contribution in [-0.4, -0.2) is 5.11 Å². The van der Waals surface area contributed by atoms with E-state index in [0.717, 1.165) is 10.4 Å². The number of aliphatic hydroxyl groups is 1. The fraction of sp³-hybridized carbons (Fsp3) is 0.429. The minimum Gasteiger partial charge on any atom is -0.472 e. The highest BCUT2D eigenvalue weighted by Crippen LogP contribution is 2.33. The Labute approximate surface area is 106 Å². The number of hydrogen-bond donors (Lipinski definition) is 1.